The molecule has 22 heavy (non-hydrogen) atoms. The average Bonchev–Trinajstić information content (AvgIpc) is 3.16. The lowest BCUT2D eigenvalue weighted by atomic mass is 9.90. The van der Waals surface area contributed by atoms with Crippen LogP contribution < -0.4 is 10.6 Å². The predicted molar refractivity (Wildman–Crippen MR) is 85.7 cm³/mol. The van der Waals surface area contributed by atoms with Gasteiger partial charge >= 0.3 is 0 Å². The highest BCUT2D eigenvalue weighted by atomic mass is 32.1. The van der Waals surface area contributed by atoms with Crippen LogP contribution in [-0.4, -0.2) is 33.8 Å². The molecule has 6 nitrogen and oxygen atoms in total. The summed E-state index contributed by atoms with van der Waals surface area (Å²) in [6, 6.07) is 0. The van der Waals surface area contributed by atoms with E-state index in [0.29, 0.717) is 13.1 Å². The molecule has 1 aliphatic rings. The Kier molecular flexibility index (Phi) is 4.26. The molecule has 2 atom stereocenters. The van der Waals surface area contributed by atoms with E-state index in [1.807, 2.05) is 33.3 Å². The van der Waals surface area contributed by atoms with Crippen LogP contribution in [-0.2, 0) is 18.4 Å². The molecule has 0 bridgehead atoms. The lowest BCUT2D eigenvalue weighted by molar-refractivity contribution is -0.124. The predicted octanol–water partition coefficient (Wildman–Crippen LogP) is 1.11. The standard InChI is InChI=1S/C15H21N5OS/c1-9-14(22-10(2)19-9)7-17-15(21)13-6-16-5-12(13)11-4-18-20(3)8-11/h4,8,12-13,16H,5-7H2,1-3H3,(H,17,21)/t12-,13+/m1/s1. The third-order valence-electron chi connectivity index (χ3n) is 4.13. The average molecular weight is 319 g/mol. The zero-order chi connectivity index (χ0) is 15.7. The van der Waals surface area contributed by atoms with Gasteiger partial charge in [0.05, 0.1) is 29.4 Å². The first-order valence-corrected chi connectivity index (χ1v) is 8.26. The Hall–Kier alpha value is -1.73. The van der Waals surface area contributed by atoms with E-state index >= 15 is 0 Å². The van der Waals surface area contributed by atoms with Gasteiger partial charge in [0, 0.05) is 37.1 Å². The summed E-state index contributed by atoms with van der Waals surface area (Å²) in [4.78, 5) is 18.1. The fourth-order valence-electron chi connectivity index (χ4n) is 2.97. The number of nitrogens with one attached hydrogen (secondary N) is 2. The minimum Gasteiger partial charge on any atom is -0.351 e. The molecule has 2 aromatic heterocycles. The molecule has 3 heterocycles. The van der Waals surface area contributed by atoms with Crippen molar-refractivity contribution in [3.05, 3.63) is 33.5 Å². The second-order valence-electron chi connectivity index (χ2n) is 5.78. The van der Waals surface area contributed by atoms with Gasteiger partial charge in [0.1, 0.15) is 0 Å². The van der Waals surface area contributed by atoms with Gasteiger partial charge in [-0.05, 0) is 19.4 Å². The molecular formula is C15H21N5OS. The number of hydrogen-bond acceptors (Lipinski definition) is 5. The molecule has 0 aliphatic carbocycles. The van der Waals surface area contributed by atoms with Crippen LogP contribution in [0.1, 0.15) is 27.1 Å². The smallest absolute Gasteiger partial charge is 0.225 e. The summed E-state index contributed by atoms with van der Waals surface area (Å²) in [6.45, 7) is 6.07. The van der Waals surface area contributed by atoms with Gasteiger partial charge in [-0.1, -0.05) is 0 Å². The number of carbonyl (C=O) groups is 1. The van der Waals surface area contributed by atoms with Crippen LogP contribution in [0, 0.1) is 19.8 Å². The number of rotatable bonds is 4. The monoisotopic (exact) mass is 319 g/mol. The molecule has 7 heteroatoms. The van der Waals surface area contributed by atoms with Crippen molar-refractivity contribution in [2.45, 2.75) is 26.3 Å². The molecule has 1 aliphatic heterocycles. The van der Waals surface area contributed by atoms with E-state index in [2.05, 4.69) is 20.7 Å². The summed E-state index contributed by atoms with van der Waals surface area (Å²) < 4.78 is 1.78. The highest BCUT2D eigenvalue weighted by Crippen LogP contribution is 2.28. The zero-order valence-electron chi connectivity index (χ0n) is 13.1. The first-order valence-electron chi connectivity index (χ1n) is 7.44. The van der Waals surface area contributed by atoms with Gasteiger partial charge in [-0.3, -0.25) is 9.48 Å². The lowest BCUT2D eigenvalue weighted by Gasteiger charge is -2.16. The molecule has 0 saturated carbocycles. The Bertz CT molecular complexity index is 677. The van der Waals surface area contributed by atoms with Crippen LogP contribution in [0.3, 0.4) is 0 Å². The highest BCUT2D eigenvalue weighted by Gasteiger charge is 2.34. The molecule has 0 unspecified atom stereocenters. The first kappa shape index (κ1) is 15.2. The van der Waals surface area contributed by atoms with Crippen molar-refractivity contribution in [2.75, 3.05) is 13.1 Å². The number of aromatic nitrogens is 3. The second-order valence-corrected chi connectivity index (χ2v) is 7.07. The summed E-state index contributed by atoms with van der Waals surface area (Å²) >= 11 is 1.64. The number of thiazole rings is 1. The van der Waals surface area contributed by atoms with Gasteiger partial charge in [0.2, 0.25) is 5.91 Å². The molecular weight excluding hydrogens is 298 g/mol. The molecule has 2 N–H and O–H groups in total. The van der Waals surface area contributed by atoms with Crippen molar-refractivity contribution >= 4 is 17.2 Å². The summed E-state index contributed by atoms with van der Waals surface area (Å²) in [5.41, 5.74) is 2.13. The van der Waals surface area contributed by atoms with Crippen LogP contribution in [0.15, 0.2) is 12.4 Å². The molecule has 0 radical (unpaired) electrons. The topological polar surface area (TPSA) is 71.8 Å². The maximum Gasteiger partial charge on any atom is 0.225 e. The summed E-state index contributed by atoms with van der Waals surface area (Å²) in [7, 11) is 1.90. The third-order valence-corrected chi connectivity index (χ3v) is 5.20. The van der Waals surface area contributed by atoms with Gasteiger partial charge in [-0.25, -0.2) is 4.98 Å². The molecule has 0 spiro atoms. The van der Waals surface area contributed by atoms with Crippen LogP contribution in [0.2, 0.25) is 0 Å². The maximum absolute atomic E-state index is 12.5. The summed E-state index contributed by atoms with van der Waals surface area (Å²) in [5.74, 6) is 0.251. The van der Waals surface area contributed by atoms with Crippen molar-refractivity contribution in [3.8, 4) is 0 Å². The van der Waals surface area contributed by atoms with Crippen molar-refractivity contribution < 1.29 is 4.79 Å². The van der Waals surface area contributed by atoms with Gasteiger partial charge < -0.3 is 10.6 Å². The van der Waals surface area contributed by atoms with E-state index in [4.69, 9.17) is 0 Å². The first-order chi connectivity index (χ1) is 10.5. The quantitative estimate of drug-likeness (QED) is 0.886. The Labute approximate surface area is 133 Å². The molecule has 3 rings (SSSR count). The van der Waals surface area contributed by atoms with Crippen LogP contribution in [0.5, 0.6) is 0 Å². The van der Waals surface area contributed by atoms with Crippen molar-refractivity contribution in [1.82, 2.24) is 25.4 Å². The number of carbonyl (C=O) groups excluding carboxylic acids is 1. The number of hydrogen-bond donors (Lipinski definition) is 2. The molecule has 1 amide bonds. The molecule has 1 fully saturated rings. The van der Waals surface area contributed by atoms with Crippen LogP contribution in [0.25, 0.3) is 0 Å². The molecule has 2 aromatic rings. The number of aryl methyl sites for hydroxylation is 3. The molecule has 0 aromatic carbocycles. The van der Waals surface area contributed by atoms with Crippen LogP contribution >= 0.6 is 11.3 Å². The van der Waals surface area contributed by atoms with Gasteiger partial charge in [0.25, 0.3) is 0 Å². The Morgan fingerprint density at radius 2 is 2.32 bits per heavy atom. The minimum atomic E-state index is -0.0430. The third kappa shape index (κ3) is 3.05. The van der Waals surface area contributed by atoms with Crippen molar-refractivity contribution in [1.29, 1.82) is 0 Å². The zero-order valence-corrected chi connectivity index (χ0v) is 13.9. The van der Waals surface area contributed by atoms with Gasteiger partial charge in [0.15, 0.2) is 0 Å². The normalized spacial score (nSPS) is 21.2. The minimum absolute atomic E-state index is 0.0430. The lowest BCUT2D eigenvalue weighted by Crippen LogP contribution is -2.33. The Morgan fingerprint density at radius 1 is 1.50 bits per heavy atom. The Balaban J connectivity index is 1.65. The summed E-state index contributed by atoms with van der Waals surface area (Å²) in [6.07, 6.45) is 3.85. The van der Waals surface area contributed by atoms with Crippen molar-refractivity contribution in [2.24, 2.45) is 13.0 Å². The van der Waals surface area contributed by atoms with E-state index in [0.717, 1.165) is 27.7 Å². The van der Waals surface area contributed by atoms with E-state index in [1.54, 1.807) is 16.0 Å². The van der Waals surface area contributed by atoms with E-state index in [-0.39, 0.29) is 17.7 Å². The molecule has 118 valence electrons. The van der Waals surface area contributed by atoms with Gasteiger partial charge in [-0.15, -0.1) is 11.3 Å². The summed E-state index contributed by atoms with van der Waals surface area (Å²) in [5, 5.41) is 11.6. The number of amides is 1. The SMILES string of the molecule is Cc1nc(C)c(CNC(=O)[C@H]2CNC[C@@H]2c2cnn(C)c2)s1. The van der Waals surface area contributed by atoms with E-state index in [9.17, 15) is 4.79 Å². The fourth-order valence-corrected chi connectivity index (χ4v) is 3.85. The fraction of sp³-hybridized carbons (Fsp3) is 0.533. The highest BCUT2D eigenvalue weighted by molar-refractivity contribution is 7.11. The number of nitrogens with zero attached hydrogens (tertiary/aromatic N) is 3. The van der Waals surface area contributed by atoms with E-state index in [1.165, 1.54) is 0 Å². The van der Waals surface area contributed by atoms with Crippen LogP contribution in [0.4, 0.5) is 0 Å². The maximum atomic E-state index is 12.5. The molecule has 1 saturated heterocycles. The van der Waals surface area contributed by atoms with Gasteiger partial charge in [-0.2, -0.15) is 5.10 Å². The van der Waals surface area contributed by atoms with E-state index < -0.39 is 0 Å². The second kappa shape index (κ2) is 6.18. The van der Waals surface area contributed by atoms with Crippen molar-refractivity contribution in [3.63, 3.8) is 0 Å². The Morgan fingerprint density at radius 3 is 2.95 bits per heavy atom. The largest absolute Gasteiger partial charge is 0.351 e.